The summed E-state index contributed by atoms with van der Waals surface area (Å²) < 4.78 is 10.8. The van der Waals surface area contributed by atoms with Gasteiger partial charge in [-0.1, -0.05) is 0 Å². The molecule has 6 nitrogen and oxygen atoms in total. The Morgan fingerprint density at radius 3 is 2.55 bits per heavy atom. The molecule has 0 aliphatic rings. The number of benzene rings is 1. The van der Waals surface area contributed by atoms with E-state index in [-0.39, 0.29) is 0 Å². The van der Waals surface area contributed by atoms with Crippen LogP contribution in [0.4, 0.5) is 5.95 Å². The Hall–Kier alpha value is -2.81. The molecule has 0 unspecified atom stereocenters. The highest BCUT2D eigenvalue weighted by Crippen LogP contribution is 2.26. The third-order valence-electron chi connectivity index (χ3n) is 2.52. The second kappa shape index (κ2) is 5.89. The Kier molecular flexibility index (Phi) is 4.01. The average molecular weight is 270 g/mol. The minimum atomic E-state index is 0.402. The van der Waals surface area contributed by atoms with E-state index in [9.17, 15) is 0 Å². The summed E-state index contributed by atoms with van der Waals surface area (Å²) in [5.74, 6) is 1.92. The molecule has 0 amide bonds. The van der Waals surface area contributed by atoms with Crippen LogP contribution in [-0.2, 0) is 0 Å². The van der Waals surface area contributed by atoms with Gasteiger partial charge in [-0.15, -0.1) is 0 Å². The monoisotopic (exact) mass is 270 g/mol. The van der Waals surface area contributed by atoms with Crippen LogP contribution in [0.25, 0.3) is 0 Å². The first-order chi connectivity index (χ1) is 9.64. The lowest BCUT2D eigenvalue weighted by atomic mass is 10.2. The van der Waals surface area contributed by atoms with Crippen LogP contribution in [0.3, 0.4) is 0 Å². The molecule has 0 saturated heterocycles. The zero-order valence-electron chi connectivity index (χ0n) is 11.5. The van der Waals surface area contributed by atoms with Gasteiger partial charge in [0.1, 0.15) is 11.5 Å². The first-order valence-corrected chi connectivity index (χ1v) is 5.95. The van der Waals surface area contributed by atoms with Crippen LogP contribution in [0, 0.1) is 18.3 Å². The Morgan fingerprint density at radius 1 is 1.15 bits per heavy atom. The molecule has 1 heterocycles. The summed E-state index contributed by atoms with van der Waals surface area (Å²) >= 11 is 0. The molecular formula is C14H14N4O2. The molecule has 0 spiro atoms. The van der Waals surface area contributed by atoms with Crippen LogP contribution in [0.5, 0.6) is 17.4 Å². The number of hydrogen-bond donors (Lipinski definition) is 1. The maximum absolute atomic E-state index is 8.98. The van der Waals surface area contributed by atoms with E-state index in [2.05, 4.69) is 21.4 Å². The predicted octanol–water partition coefficient (Wildman–Crippen LogP) is 2.50. The van der Waals surface area contributed by atoms with Gasteiger partial charge in [-0.2, -0.15) is 10.2 Å². The van der Waals surface area contributed by atoms with E-state index in [4.69, 9.17) is 14.7 Å². The smallest absolute Gasteiger partial charge is 0.225 e. The highest BCUT2D eigenvalue weighted by molar-refractivity contribution is 5.45. The summed E-state index contributed by atoms with van der Waals surface area (Å²) in [6, 6.07) is 8.72. The molecule has 0 fully saturated rings. The van der Waals surface area contributed by atoms with Crippen molar-refractivity contribution in [2.45, 2.75) is 6.92 Å². The number of nitrogens with zero attached hydrogens (tertiary/aromatic N) is 3. The standard InChI is InChI=1S/C14H14N4O2/c1-9-4-13(18-14(16-2)17-9)20-12-6-10(8-15)5-11(7-12)19-3/h4-7H,1-3H3,(H,16,17,18). The lowest BCUT2D eigenvalue weighted by molar-refractivity contribution is 0.407. The van der Waals surface area contributed by atoms with Gasteiger partial charge in [-0.05, 0) is 19.1 Å². The van der Waals surface area contributed by atoms with Crippen molar-refractivity contribution in [3.8, 4) is 23.4 Å². The zero-order valence-corrected chi connectivity index (χ0v) is 11.5. The van der Waals surface area contributed by atoms with Gasteiger partial charge in [-0.25, -0.2) is 4.98 Å². The number of nitrogens with one attached hydrogen (secondary N) is 1. The van der Waals surface area contributed by atoms with E-state index < -0.39 is 0 Å². The van der Waals surface area contributed by atoms with Gasteiger partial charge in [0.25, 0.3) is 0 Å². The maximum Gasteiger partial charge on any atom is 0.225 e. The number of methoxy groups -OCH3 is 1. The Bertz CT molecular complexity index is 665. The summed E-state index contributed by atoms with van der Waals surface area (Å²) in [4.78, 5) is 8.37. The fourth-order valence-corrected chi connectivity index (χ4v) is 1.64. The summed E-state index contributed by atoms with van der Waals surface area (Å²) in [6.07, 6.45) is 0. The van der Waals surface area contributed by atoms with Gasteiger partial charge >= 0.3 is 0 Å². The van der Waals surface area contributed by atoms with Gasteiger partial charge in [-0.3, -0.25) is 0 Å². The quantitative estimate of drug-likeness (QED) is 0.919. The van der Waals surface area contributed by atoms with Gasteiger partial charge in [0, 0.05) is 24.9 Å². The normalized spacial score (nSPS) is 9.70. The number of anilines is 1. The summed E-state index contributed by atoms with van der Waals surface area (Å²) in [7, 11) is 3.27. The fraction of sp³-hybridized carbons (Fsp3) is 0.214. The van der Waals surface area contributed by atoms with E-state index in [0.717, 1.165) is 5.69 Å². The lowest BCUT2D eigenvalue weighted by Crippen LogP contribution is -1.99. The highest BCUT2D eigenvalue weighted by Gasteiger charge is 2.06. The Labute approximate surface area is 117 Å². The topological polar surface area (TPSA) is 80.1 Å². The molecule has 1 aromatic heterocycles. The molecule has 1 aromatic carbocycles. The van der Waals surface area contributed by atoms with Crippen molar-refractivity contribution >= 4 is 5.95 Å². The average Bonchev–Trinajstić information content (AvgIpc) is 2.46. The predicted molar refractivity (Wildman–Crippen MR) is 74.1 cm³/mol. The van der Waals surface area contributed by atoms with Crippen LogP contribution >= 0.6 is 0 Å². The number of nitriles is 1. The van der Waals surface area contributed by atoms with Crippen molar-refractivity contribution in [1.82, 2.24) is 9.97 Å². The van der Waals surface area contributed by atoms with Crippen molar-refractivity contribution in [2.75, 3.05) is 19.5 Å². The van der Waals surface area contributed by atoms with Crippen LogP contribution in [0.2, 0.25) is 0 Å². The molecule has 0 atom stereocenters. The van der Waals surface area contributed by atoms with E-state index in [1.165, 1.54) is 7.11 Å². The van der Waals surface area contributed by atoms with Crippen molar-refractivity contribution in [3.63, 3.8) is 0 Å². The minimum absolute atomic E-state index is 0.402. The molecule has 6 heteroatoms. The zero-order chi connectivity index (χ0) is 14.5. The lowest BCUT2D eigenvalue weighted by Gasteiger charge is -2.09. The third-order valence-corrected chi connectivity index (χ3v) is 2.52. The Morgan fingerprint density at radius 2 is 1.90 bits per heavy atom. The SMILES string of the molecule is CNc1nc(C)cc(Oc2cc(C#N)cc(OC)c2)n1. The number of ether oxygens (including phenoxy) is 2. The number of hydrogen-bond acceptors (Lipinski definition) is 6. The van der Waals surface area contributed by atoms with E-state index in [1.807, 2.05) is 6.92 Å². The van der Waals surface area contributed by atoms with E-state index >= 15 is 0 Å². The van der Waals surface area contributed by atoms with Crippen molar-refractivity contribution in [1.29, 1.82) is 5.26 Å². The van der Waals surface area contributed by atoms with Crippen molar-refractivity contribution in [2.24, 2.45) is 0 Å². The molecule has 2 rings (SSSR count). The second-order valence-electron chi connectivity index (χ2n) is 4.03. The van der Waals surface area contributed by atoms with E-state index in [1.54, 1.807) is 31.3 Å². The molecule has 0 bridgehead atoms. The van der Waals surface area contributed by atoms with E-state index in [0.29, 0.717) is 28.9 Å². The molecule has 0 radical (unpaired) electrons. The fourth-order valence-electron chi connectivity index (χ4n) is 1.64. The maximum atomic E-state index is 8.98. The summed E-state index contributed by atoms with van der Waals surface area (Å²) in [6.45, 7) is 1.85. The number of rotatable bonds is 4. The molecule has 2 aromatic rings. The van der Waals surface area contributed by atoms with Gasteiger partial charge in [0.15, 0.2) is 0 Å². The molecule has 0 aliphatic carbocycles. The van der Waals surface area contributed by atoms with Crippen LogP contribution in [-0.4, -0.2) is 24.1 Å². The van der Waals surface area contributed by atoms with Gasteiger partial charge < -0.3 is 14.8 Å². The molecule has 0 aliphatic heterocycles. The summed E-state index contributed by atoms with van der Waals surface area (Å²) in [5, 5.41) is 11.8. The van der Waals surface area contributed by atoms with Gasteiger partial charge in [0.2, 0.25) is 11.8 Å². The molecule has 1 N–H and O–H groups in total. The van der Waals surface area contributed by atoms with Crippen molar-refractivity contribution < 1.29 is 9.47 Å². The third kappa shape index (κ3) is 3.14. The first kappa shape index (κ1) is 13.6. The molecule has 20 heavy (non-hydrogen) atoms. The first-order valence-electron chi connectivity index (χ1n) is 5.95. The summed E-state index contributed by atoms with van der Waals surface area (Å²) in [5.41, 5.74) is 1.24. The largest absolute Gasteiger partial charge is 0.497 e. The van der Waals surface area contributed by atoms with Crippen molar-refractivity contribution in [3.05, 3.63) is 35.5 Å². The van der Waals surface area contributed by atoms with Crippen LogP contribution in [0.1, 0.15) is 11.3 Å². The molecular weight excluding hydrogens is 256 g/mol. The number of aromatic nitrogens is 2. The second-order valence-corrected chi connectivity index (χ2v) is 4.03. The molecule has 0 saturated carbocycles. The highest BCUT2D eigenvalue weighted by atomic mass is 16.5. The Balaban J connectivity index is 2.34. The van der Waals surface area contributed by atoms with Crippen LogP contribution < -0.4 is 14.8 Å². The molecule has 102 valence electrons. The van der Waals surface area contributed by atoms with Crippen LogP contribution in [0.15, 0.2) is 24.3 Å². The minimum Gasteiger partial charge on any atom is -0.497 e. The number of aryl methyl sites for hydroxylation is 1. The van der Waals surface area contributed by atoms with Gasteiger partial charge in [0.05, 0.1) is 18.7 Å².